The van der Waals surface area contributed by atoms with Crippen LogP contribution >= 0.6 is 0 Å². The van der Waals surface area contributed by atoms with E-state index in [-0.39, 0.29) is 11.3 Å². The van der Waals surface area contributed by atoms with Crippen molar-refractivity contribution >= 4 is 22.6 Å². The van der Waals surface area contributed by atoms with Crippen LogP contribution in [0, 0.1) is 6.92 Å². The quantitative estimate of drug-likeness (QED) is 0.280. The number of carbonyl (C=O) groups is 1. The molecule has 8 rings (SSSR count). The van der Waals surface area contributed by atoms with Gasteiger partial charge in [-0.2, -0.15) is 0 Å². The maximum absolute atomic E-state index is 13.7. The molecule has 3 fully saturated rings. The number of hydrogen-bond acceptors (Lipinski definition) is 4. The van der Waals surface area contributed by atoms with Gasteiger partial charge in [-0.15, -0.1) is 0 Å². The molecule has 4 aromatic rings. The Morgan fingerprint density at radius 2 is 1.58 bits per heavy atom. The molecule has 222 valence electrons. The number of rotatable bonds is 6. The van der Waals surface area contributed by atoms with E-state index in [0.29, 0.717) is 30.6 Å². The van der Waals surface area contributed by atoms with Crippen molar-refractivity contribution in [2.45, 2.75) is 81.3 Å². The molecule has 3 aromatic carbocycles. The number of likely N-dealkylation sites (tertiary alicyclic amines) is 1. The predicted molar refractivity (Wildman–Crippen MR) is 172 cm³/mol. The highest BCUT2D eigenvalue weighted by Crippen LogP contribution is 2.45. The molecular formula is C37H43N5O. The summed E-state index contributed by atoms with van der Waals surface area (Å²) in [6, 6.07) is 30.0. The van der Waals surface area contributed by atoms with Crippen molar-refractivity contribution in [1.29, 1.82) is 0 Å². The summed E-state index contributed by atoms with van der Waals surface area (Å²) in [4.78, 5) is 23.6. The van der Waals surface area contributed by atoms with Crippen molar-refractivity contribution in [3.8, 4) is 0 Å². The molecule has 43 heavy (non-hydrogen) atoms. The zero-order valence-electron chi connectivity index (χ0n) is 25.3. The summed E-state index contributed by atoms with van der Waals surface area (Å²) in [6.45, 7) is 5.72. The fourth-order valence-electron chi connectivity index (χ4n) is 9.14. The number of hydrogen-bond donors (Lipinski definition) is 1. The van der Waals surface area contributed by atoms with Gasteiger partial charge in [0.05, 0.1) is 17.0 Å². The molecule has 0 spiro atoms. The molecule has 0 aliphatic carbocycles. The lowest BCUT2D eigenvalue weighted by Gasteiger charge is -2.46. The summed E-state index contributed by atoms with van der Waals surface area (Å²) in [7, 11) is 0. The number of aryl methyl sites for hydroxylation is 1. The molecule has 0 saturated carbocycles. The normalized spacial score (nSPS) is 26.4. The SMILES string of the molecule is Cc1nc2ccccc2n1[C@H]1C[C@H]2CC[C@@H](C1)N2CCC1(c2ccccc2)CCN(C(=O)C2CNc3ccccc32)CC1. The van der Waals surface area contributed by atoms with Crippen LogP contribution in [0.2, 0.25) is 0 Å². The van der Waals surface area contributed by atoms with Gasteiger partial charge in [0, 0.05) is 43.4 Å². The van der Waals surface area contributed by atoms with Gasteiger partial charge in [-0.05, 0) is 93.2 Å². The Morgan fingerprint density at radius 1 is 0.884 bits per heavy atom. The van der Waals surface area contributed by atoms with Crippen LogP contribution < -0.4 is 5.32 Å². The molecule has 1 aromatic heterocycles. The standard InChI is InChI=1S/C37H43N5O/c1-26-39-34-13-7-8-14-35(34)42(26)30-23-28-15-16-29(24-30)41(28)22-19-37(27-9-3-2-4-10-27)17-20-40(21-18-37)36(43)32-25-38-33-12-6-5-11-31(32)33/h2-14,28-30,32,38H,15-25H2,1H3/t28-,29+,30+,32?. The van der Waals surface area contributed by atoms with Gasteiger partial charge in [0.1, 0.15) is 5.82 Å². The Bertz CT molecular complexity index is 1610. The van der Waals surface area contributed by atoms with Crippen molar-refractivity contribution in [2.24, 2.45) is 0 Å². The van der Waals surface area contributed by atoms with E-state index in [1.807, 2.05) is 6.07 Å². The first kappa shape index (κ1) is 26.9. The third-order valence-corrected chi connectivity index (χ3v) is 11.4. The smallest absolute Gasteiger partial charge is 0.231 e. The van der Waals surface area contributed by atoms with Crippen molar-refractivity contribution < 1.29 is 4.79 Å². The molecule has 4 atom stereocenters. The molecule has 3 saturated heterocycles. The maximum atomic E-state index is 13.7. The Kier molecular flexibility index (Phi) is 6.78. The number of benzene rings is 3. The molecule has 1 amide bonds. The lowest BCUT2D eigenvalue weighted by atomic mass is 9.70. The van der Waals surface area contributed by atoms with E-state index < -0.39 is 0 Å². The molecule has 6 heteroatoms. The van der Waals surface area contributed by atoms with E-state index in [1.165, 1.54) is 36.8 Å². The summed E-state index contributed by atoms with van der Waals surface area (Å²) >= 11 is 0. The zero-order valence-corrected chi connectivity index (χ0v) is 25.3. The highest BCUT2D eigenvalue weighted by molar-refractivity contribution is 5.88. The molecule has 4 aliphatic heterocycles. The average molecular weight is 574 g/mol. The van der Waals surface area contributed by atoms with Crippen molar-refractivity contribution in [2.75, 3.05) is 31.5 Å². The fourth-order valence-corrected chi connectivity index (χ4v) is 9.14. The van der Waals surface area contributed by atoms with Gasteiger partial charge < -0.3 is 14.8 Å². The van der Waals surface area contributed by atoms with E-state index in [0.717, 1.165) is 61.5 Å². The second-order valence-electron chi connectivity index (χ2n) is 13.5. The Morgan fingerprint density at radius 3 is 2.37 bits per heavy atom. The summed E-state index contributed by atoms with van der Waals surface area (Å²) in [6.07, 6.45) is 8.30. The zero-order chi connectivity index (χ0) is 29.0. The predicted octanol–water partition coefficient (Wildman–Crippen LogP) is 6.67. The average Bonchev–Trinajstić information content (AvgIpc) is 3.70. The lowest BCUT2D eigenvalue weighted by Crippen LogP contribution is -2.49. The van der Waals surface area contributed by atoms with Gasteiger partial charge in [-0.3, -0.25) is 9.69 Å². The van der Waals surface area contributed by atoms with Gasteiger partial charge in [0.25, 0.3) is 0 Å². The number of anilines is 1. The molecule has 1 unspecified atom stereocenters. The van der Waals surface area contributed by atoms with Crippen LogP contribution in [0.3, 0.4) is 0 Å². The van der Waals surface area contributed by atoms with Crippen LogP contribution in [0.1, 0.15) is 73.9 Å². The van der Waals surface area contributed by atoms with Gasteiger partial charge in [0.15, 0.2) is 0 Å². The number of amides is 1. The second-order valence-corrected chi connectivity index (χ2v) is 13.5. The van der Waals surface area contributed by atoms with E-state index >= 15 is 0 Å². The van der Waals surface area contributed by atoms with Gasteiger partial charge in [-0.1, -0.05) is 60.7 Å². The number of nitrogens with zero attached hydrogens (tertiary/aromatic N) is 4. The van der Waals surface area contributed by atoms with E-state index in [1.54, 1.807) is 0 Å². The summed E-state index contributed by atoms with van der Waals surface area (Å²) in [5.74, 6) is 1.38. The van der Waals surface area contributed by atoms with E-state index in [9.17, 15) is 4.79 Å². The molecule has 0 radical (unpaired) electrons. The van der Waals surface area contributed by atoms with Crippen molar-refractivity contribution in [3.63, 3.8) is 0 Å². The number of imidazole rings is 1. The van der Waals surface area contributed by atoms with Gasteiger partial charge >= 0.3 is 0 Å². The molecular weight excluding hydrogens is 530 g/mol. The number of nitrogens with one attached hydrogen (secondary N) is 1. The highest BCUT2D eigenvalue weighted by Gasteiger charge is 2.44. The number of fused-ring (bicyclic) bond motifs is 4. The van der Waals surface area contributed by atoms with Crippen LogP contribution in [0.4, 0.5) is 5.69 Å². The Labute approximate surface area is 255 Å². The van der Waals surface area contributed by atoms with Crippen molar-refractivity contribution in [1.82, 2.24) is 19.4 Å². The van der Waals surface area contributed by atoms with Crippen LogP contribution in [0.15, 0.2) is 78.9 Å². The molecule has 2 bridgehead atoms. The van der Waals surface area contributed by atoms with Gasteiger partial charge in [0.2, 0.25) is 5.91 Å². The second kappa shape index (κ2) is 10.8. The largest absolute Gasteiger partial charge is 0.384 e. The van der Waals surface area contributed by atoms with Crippen LogP contribution in [-0.2, 0) is 10.2 Å². The van der Waals surface area contributed by atoms with Crippen LogP contribution in [-0.4, -0.2) is 63.5 Å². The molecule has 6 nitrogen and oxygen atoms in total. The number of aromatic nitrogens is 2. The van der Waals surface area contributed by atoms with E-state index in [2.05, 4.69) is 99.4 Å². The maximum Gasteiger partial charge on any atom is 0.231 e. The summed E-state index contributed by atoms with van der Waals surface area (Å²) in [5.41, 5.74) is 6.27. The number of piperidine rings is 2. The molecule has 5 heterocycles. The minimum absolute atomic E-state index is 0.0615. The van der Waals surface area contributed by atoms with Gasteiger partial charge in [-0.25, -0.2) is 4.98 Å². The minimum Gasteiger partial charge on any atom is -0.384 e. The fraction of sp³-hybridized carbons (Fsp3) is 0.459. The first-order valence-corrected chi connectivity index (χ1v) is 16.5. The first-order valence-electron chi connectivity index (χ1n) is 16.5. The minimum atomic E-state index is -0.0615. The monoisotopic (exact) mass is 573 g/mol. The Balaban J connectivity index is 0.972. The number of para-hydroxylation sites is 3. The summed E-state index contributed by atoms with van der Waals surface area (Å²) < 4.78 is 2.54. The molecule has 1 N–H and O–H groups in total. The van der Waals surface area contributed by atoms with Crippen molar-refractivity contribution in [3.05, 3.63) is 95.8 Å². The first-order chi connectivity index (χ1) is 21.1. The Hall–Kier alpha value is -3.64. The lowest BCUT2D eigenvalue weighted by molar-refractivity contribution is -0.134. The molecule has 4 aliphatic rings. The third kappa shape index (κ3) is 4.66. The van der Waals surface area contributed by atoms with E-state index in [4.69, 9.17) is 4.98 Å². The number of carbonyl (C=O) groups excluding carboxylic acids is 1. The highest BCUT2D eigenvalue weighted by atomic mass is 16.2. The van der Waals surface area contributed by atoms with Crippen LogP contribution in [0.25, 0.3) is 11.0 Å². The summed E-state index contributed by atoms with van der Waals surface area (Å²) in [5, 5.41) is 3.45. The topological polar surface area (TPSA) is 53.4 Å². The van der Waals surface area contributed by atoms with Crippen LogP contribution in [0.5, 0.6) is 0 Å². The third-order valence-electron chi connectivity index (χ3n) is 11.4.